The van der Waals surface area contributed by atoms with Crippen molar-refractivity contribution in [1.82, 2.24) is 10.6 Å². The van der Waals surface area contributed by atoms with E-state index < -0.39 is 24.1 Å². The molecular formula is C19H28N2O6. The number of hydrogen-bond donors (Lipinski definition) is 2. The summed E-state index contributed by atoms with van der Waals surface area (Å²) < 4.78 is 15.7. The van der Waals surface area contributed by atoms with Crippen LogP contribution in [0.3, 0.4) is 0 Å². The Balaban J connectivity index is 2.06. The van der Waals surface area contributed by atoms with Crippen LogP contribution in [-0.4, -0.2) is 42.6 Å². The van der Waals surface area contributed by atoms with Crippen LogP contribution >= 0.6 is 0 Å². The average Bonchev–Trinajstić information content (AvgIpc) is 3.12. The van der Waals surface area contributed by atoms with Crippen LogP contribution in [0.5, 0.6) is 5.75 Å². The predicted molar refractivity (Wildman–Crippen MR) is 97.4 cm³/mol. The van der Waals surface area contributed by atoms with Gasteiger partial charge in [0, 0.05) is 6.07 Å². The predicted octanol–water partition coefficient (Wildman–Crippen LogP) is 2.34. The number of carbonyl (C=O) groups is 3. The molecule has 8 heteroatoms. The minimum Gasteiger partial charge on any atom is -0.466 e. The zero-order chi connectivity index (χ0) is 20.2. The quantitative estimate of drug-likeness (QED) is 0.784. The summed E-state index contributed by atoms with van der Waals surface area (Å²) in [4.78, 5) is 37.0. The third kappa shape index (κ3) is 5.82. The fraction of sp³-hybridized carbons (Fsp3) is 0.632. The number of ether oxygens (including phenoxy) is 2. The van der Waals surface area contributed by atoms with Crippen molar-refractivity contribution in [3.63, 3.8) is 0 Å². The van der Waals surface area contributed by atoms with E-state index in [1.54, 1.807) is 6.92 Å². The Morgan fingerprint density at radius 1 is 1.37 bits per heavy atom. The molecule has 2 amide bonds. The lowest BCUT2D eigenvalue weighted by Crippen LogP contribution is -2.54. The molecule has 1 aromatic rings. The third-order valence-electron chi connectivity index (χ3n) is 4.30. The number of carbonyl (C=O) groups excluding carboxylic acids is 3. The van der Waals surface area contributed by atoms with Gasteiger partial charge in [0.2, 0.25) is 5.91 Å². The topological polar surface area (TPSA) is 107 Å². The molecule has 0 aliphatic carbocycles. The molecule has 2 unspecified atom stereocenters. The standard InChI is InChI=1S/C19H28N2O6/c1-6-14-16(13(22)10-26-14)21-17(23)12(9-19(3,4)5)20-18(24)27-15-7-8-25-11(15)2/h7-8,12,14,16H,6,9-10H2,1-5H3,(H,20,24)(H,21,23)/t12-,14?,16?/m0/s1. The smallest absolute Gasteiger partial charge is 0.413 e. The van der Waals surface area contributed by atoms with Crippen molar-refractivity contribution in [3.05, 3.63) is 18.1 Å². The molecule has 27 heavy (non-hydrogen) atoms. The molecule has 0 aromatic carbocycles. The van der Waals surface area contributed by atoms with Gasteiger partial charge in [-0.2, -0.15) is 0 Å². The SMILES string of the molecule is CCC1OCC(=O)C1NC(=O)[C@H](CC(C)(C)C)NC(=O)Oc1ccoc1C. The van der Waals surface area contributed by atoms with Crippen molar-refractivity contribution in [2.75, 3.05) is 6.61 Å². The number of rotatable bonds is 6. The van der Waals surface area contributed by atoms with Gasteiger partial charge in [-0.3, -0.25) is 9.59 Å². The lowest BCUT2D eigenvalue weighted by atomic mass is 9.87. The van der Waals surface area contributed by atoms with Gasteiger partial charge in [0.1, 0.15) is 24.5 Å². The van der Waals surface area contributed by atoms with Gasteiger partial charge in [-0.05, 0) is 25.2 Å². The van der Waals surface area contributed by atoms with E-state index in [1.807, 2.05) is 27.7 Å². The third-order valence-corrected chi connectivity index (χ3v) is 4.30. The van der Waals surface area contributed by atoms with Crippen LogP contribution in [0.4, 0.5) is 4.79 Å². The zero-order valence-corrected chi connectivity index (χ0v) is 16.5. The second-order valence-corrected chi connectivity index (χ2v) is 7.90. The summed E-state index contributed by atoms with van der Waals surface area (Å²) in [6.45, 7) is 9.41. The molecule has 1 aliphatic rings. The normalized spacial score (nSPS) is 21.0. The van der Waals surface area contributed by atoms with E-state index in [4.69, 9.17) is 13.9 Å². The van der Waals surface area contributed by atoms with Gasteiger partial charge < -0.3 is 24.5 Å². The minimum atomic E-state index is -0.851. The molecule has 0 spiro atoms. The van der Waals surface area contributed by atoms with Crippen LogP contribution < -0.4 is 15.4 Å². The number of amides is 2. The molecule has 8 nitrogen and oxygen atoms in total. The first kappa shape index (κ1) is 21.0. The first-order valence-corrected chi connectivity index (χ1v) is 9.08. The highest BCUT2D eigenvalue weighted by atomic mass is 16.6. The molecule has 0 radical (unpaired) electrons. The Kier molecular flexibility index (Phi) is 6.64. The van der Waals surface area contributed by atoms with E-state index in [9.17, 15) is 14.4 Å². The van der Waals surface area contributed by atoms with E-state index in [-0.39, 0.29) is 29.7 Å². The molecule has 1 saturated heterocycles. The van der Waals surface area contributed by atoms with Gasteiger partial charge in [0.15, 0.2) is 11.5 Å². The largest absolute Gasteiger partial charge is 0.466 e. The summed E-state index contributed by atoms with van der Waals surface area (Å²) in [7, 11) is 0. The van der Waals surface area contributed by atoms with Gasteiger partial charge in [-0.1, -0.05) is 27.7 Å². The summed E-state index contributed by atoms with van der Waals surface area (Å²) in [5.74, 6) is 0.142. The van der Waals surface area contributed by atoms with Crippen molar-refractivity contribution in [2.24, 2.45) is 5.41 Å². The van der Waals surface area contributed by atoms with Gasteiger partial charge in [-0.25, -0.2) is 4.79 Å². The summed E-state index contributed by atoms with van der Waals surface area (Å²) in [6, 6.07) is -0.0248. The van der Waals surface area contributed by atoms with E-state index in [0.29, 0.717) is 18.6 Å². The van der Waals surface area contributed by atoms with E-state index >= 15 is 0 Å². The van der Waals surface area contributed by atoms with Crippen molar-refractivity contribution < 1.29 is 28.3 Å². The van der Waals surface area contributed by atoms with Crippen molar-refractivity contribution in [1.29, 1.82) is 0 Å². The number of aryl methyl sites for hydroxylation is 1. The van der Waals surface area contributed by atoms with Gasteiger partial charge in [0.25, 0.3) is 0 Å². The molecule has 3 atom stereocenters. The molecule has 0 bridgehead atoms. The number of ketones is 1. The van der Waals surface area contributed by atoms with Crippen LogP contribution in [0.2, 0.25) is 0 Å². The maximum atomic E-state index is 12.8. The molecule has 1 fully saturated rings. The molecule has 1 aliphatic heterocycles. The first-order chi connectivity index (χ1) is 12.6. The number of hydrogen-bond acceptors (Lipinski definition) is 6. The van der Waals surface area contributed by atoms with Crippen molar-refractivity contribution in [2.45, 2.75) is 65.6 Å². The van der Waals surface area contributed by atoms with Crippen molar-refractivity contribution >= 4 is 17.8 Å². The van der Waals surface area contributed by atoms with Gasteiger partial charge in [0.05, 0.1) is 12.4 Å². The Hall–Kier alpha value is -2.35. The van der Waals surface area contributed by atoms with Crippen LogP contribution in [0.1, 0.15) is 46.3 Å². The average molecular weight is 380 g/mol. The van der Waals surface area contributed by atoms with Crippen LogP contribution in [-0.2, 0) is 14.3 Å². The summed E-state index contributed by atoms with van der Waals surface area (Å²) >= 11 is 0. The fourth-order valence-electron chi connectivity index (χ4n) is 2.94. The van der Waals surface area contributed by atoms with Crippen LogP contribution in [0, 0.1) is 12.3 Å². The number of nitrogens with one attached hydrogen (secondary N) is 2. The monoisotopic (exact) mass is 380 g/mol. The van der Waals surface area contributed by atoms with Gasteiger partial charge >= 0.3 is 6.09 Å². The van der Waals surface area contributed by atoms with Crippen LogP contribution in [0.15, 0.2) is 16.7 Å². The molecular weight excluding hydrogens is 352 g/mol. The number of furan rings is 1. The van der Waals surface area contributed by atoms with Crippen LogP contribution in [0.25, 0.3) is 0 Å². The minimum absolute atomic E-state index is 0.0113. The Morgan fingerprint density at radius 2 is 2.07 bits per heavy atom. The molecule has 0 saturated carbocycles. The van der Waals surface area contributed by atoms with Crippen molar-refractivity contribution in [3.8, 4) is 5.75 Å². The van der Waals surface area contributed by atoms with Gasteiger partial charge in [-0.15, -0.1) is 0 Å². The zero-order valence-electron chi connectivity index (χ0n) is 16.5. The highest BCUT2D eigenvalue weighted by Gasteiger charge is 2.38. The fourth-order valence-corrected chi connectivity index (χ4v) is 2.94. The van der Waals surface area contributed by atoms with E-state index in [0.717, 1.165) is 0 Å². The second-order valence-electron chi connectivity index (χ2n) is 7.90. The lowest BCUT2D eigenvalue weighted by Gasteiger charge is -2.27. The maximum Gasteiger partial charge on any atom is 0.413 e. The van der Waals surface area contributed by atoms with E-state index in [2.05, 4.69) is 10.6 Å². The first-order valence-electron chi connectivity index (χ1n) is 9.08. The molecule has 150 valence electrons. The summed E-state index contributed by atoms with van der Waals surface area (Å²) in [6.07, 6.45) is 1.28. The Labute approximate surface area is 159 Å². The summed E-state index contributed by atoms with van der Waals surface area (Å²) in [5.41, 5.74) is -0.235. The summed E-state index contributed by atoms with van der Waals surface area (Å²) in [5, 5.41) is 5.32. The molecule has 2 N–H and O–H groups in total. The lowest BCUT2D eigenvalue weighted by molar-refractivity contribution is -0.128. The maximum absolute atomic E-state index is 12.8. The highest BCUT2D eigenvalue weighted by molar-refractivity contribution is 5.94. The van der Waals surface area contributed by atoms with E-state index in [1.165, 1.54) is 12.3 Å². The number of Topliss-reactive ketones (excluding diaryl/α,β-unsaturated/α-hetero) is 1. The molecule has 2 heterocycles. The molecule has 2 rings (SSSR count). The second kappa shape index (κ2) is 8.56. The Morgan fingerprint density at radius 3 is 2.63 bits per heavy atom. The molecule has 1 aromatic heterocycles. The Bertz CT molecular complexity index is 691. The highest BCUT2D eigenvalue weighted by Crippen LogP contribution is 2.23.